The molecule has 2 rings (SSSR count). The lowest BCUT2D eigenvalue weighted by Crippen LogP contribution is -2.21. The Balaban J connectivity index is 2.13. The van der Waals surface area contributed by atoms with Crippen LogP contribution in [0.25, 0.3) is 0 Å². The van der Waals surface area contributed by atoms with Crippen LogP contribution in [0.2, 0.25) is 0 Å². The van der Waals surface area contributed by atoms with E-state index in [1.54, 1.807) is 4.68 Å². The summed E-state index contributed by atoms with van der Waals surface area (Å²) in [7, 11) is 0. The lowest BCUT2D eigenvalue weighted by molar-refractivity contribution is -0.116. The van der Waals surface area contributed by atoms with Gasteiger partial charge in [0.25, 0.3) is 0 Å². The summed E-state index contributed by atoms with van der Waals surface area (Å²) in [6, 6.07) is 5.82. The molecule has 3 N–H and O–H groups in total. The van der Waals surface area contributed by atoms with Gasteiger partial charge in [0.2, 0.25) is 5.91 Å². The van der Waals surface area contributed by atoms with Crippen LogP contribution in [0.15, 0.2) is 22.7 Å². The van der Waals surface area contributed by atoms with E-state index in [1.807, 2.05) is 32.0 Å². The molecule has 0 fully saturated rings. The van der Waals surface area contributed by atoms with Crippen molar-refractivity contribution in [1.29, 1.82) is 0 Å². The van der Waals surface area contributed by atoms with E-state index in [9.17, 15) is 4.79 Å². The monoisotopic (exact) mass is 350 g/mol. The highest BCUT2D eigenvalue weighted by atomic mass is 79.9. The molecule has 1 amide bonds. The molecular weight excluding hydrogens is 332 g/mol. The largest absolute Gasteiger partial charge is 0.396 e. The summed E-state index contributed by atoms with van der Waals surface area (Å²) in [5.74, 6) is -0.113. The number of halogens is 1. The predicted molar refractivity (Wildman–Crippen MR) is 88.3 cm³/mol. The SMILES string of the molecule is CCc1cc(Br)ccc1NC(=O)Cn1nc(C)c(N)c1C. The molecule has 0 spiro atoms. The average molecular weight is 351 g/mol. The molecule has 0 saturated heterocycles. The van der Waals surface area contributed by atoms with Gasteiger partial charge in [0, 0.05) is 10.2 Å². The first-order valence-electron chi connectivity index (χ1n) is 6.80. The molecule has 0 aliphatic carbocycles. The lowest BCUT2D eigenvalue weighted by atomic mass is 10.1. The summed E-state index contributed by atoms with van der Waals surface area (Å²) < 4.78 is 2.63. The van der Waals surface area contributed by atoms with Gasteiger partial charge in [-0.25, -0.2) is 0 Å². The molecule has 21 heavy (non-hydrogen) atoms. The smallest absolute Gasteiger partial charge is 0.246 e. The Labute approximate surface area is 132 Å². The zero-order valence-electron chi connectivity index (χ0n) is 12.4. The van der Waals surface area contributed by atoms with Crippen molar-refractivity contribution < 1.29 is 4.79 Å². The summed E-state index contributed by atoms with van der Waals surface area (Å²) in [5.41, 5.74) is 10.00. The molecule has 0 saturated carbocycles. The highest BCUT2D eigenvalue weighted by molar-refractivity contribution is 9.10. The van der Waals surface area contributed by atoms with Gasteiger partial charge in [-0.2, -0.15) is 5.10 Å². The van der Waals surface area contributed by atoms with Crippen molar-refractivity contribution in [2.45, 2.75) is 33.7 Å². The van der Waals surface area contributed by atoms with Crippen LogP contribution < -0.4 is 11.1 Å². The first-order valence-corrected chi connectivity index (χ1v) is 7.59. The van der Waals surface area contributed by atoms with Crippen molar-refractivity contribution >= 4 is 33.2 Å². The van der Waals surface area contributed by atoms with Crippen molar-refractivity contribution in [3.05, 3.63) is 39.6 Å². The van der Waals surface area contributed by atoms with E-state index in [0.29, 0.717) is 5.69 Å². The summed E-state index contributed by atoms with van der Waals surface area (Å²) in [6.45, 7) is 5.91. The van der Waals surface area contributed by atoms with E-state index in [4.69, 9.17) is 5.73 Å². The Morgan fingerprint density at radius 3 is 2.71 bits per heavy atom. The molecule has 1 heterocycles. The van der Waals surface area contributed by atoms with E-state index in [-0.39, 0.29) is 12.5 Å². The van der Waals surface area contributed by atoms with E-state index in [1.165, 1.54) is 0 Å². The summed E-state index contributed by atoms with van der Waals surface area (Å²) in [5, 5.41) is 7.20. The number of nitrogens with one attached hydrogen (secondary N) is 1. The van der Waals surface area contributed by atoms with Gasteiger partial charge >= 0.3 is 0 Å². The third-order valence-corrected chi connectivity index (χ3v) is 3.95. The normalized spacial score (nSPS) is 10.7. The fourth-order valence-corrected chi connectivity index (χ4v) is 2.58. The third-order valence-electron chi connectivity index (χ3n) is 3.45. The van der Waals surface area contributed by atoms with Crippen molar-refractivity contribution in [2.24, 2.45) is 0 Å². The fraction of sp³-hybridized carbons (Fsp3) is 0.333. The molecule has 1 aromatic heterocycles. The topological polar surface area (TPSA) is 72.9 Å². The summed E-state index contributed by atoms with van der Waals surface area (Å²) in [6.07, 6.45) is 0.849. The minimum Gasteiger partial charge on any atom is -0.396 e. The Kier molecular flexibility index (Phi) is 4.67. The van der Waals surface area contributed by atoms with Gasteiger partial charge in [0.1, 0.15) is 6.54 Å². The number of hydrogen-bond donors (Lipinski definition) is 2. The molecule has 2 aromatic rings. The molecule has 0 radical (unpaired) electrons. The second kappa shape index (κ2) is 6.30. The van der Waals surface area contributed by atoms with Crippen LogP contribution in [0.3, 0.4) is 0 Å². The molecule has 5 nitrogen and oxygen atoms in total. The number of nitrogens with zero attached hydrogens (tertiary/aromatic N) is 2. The van der Waals surface area contributed by atoms with Gasteiger partial charge in [-0.15, -0.1) is 0 Å². The molecule has 0 aliphatic rings. The maximum Gasteiger partial charge on any atom is 0.246 e. The molecule has 112 valence electrons. The molecule has 0 atom stereocenters. The minimum absolute atomic E-state index is 0.113. The van der Waals surface area contributed by atoms with Crippen molar-refractivity contribution in [3.63, 3.8) is 0 Å². The first-order chi connectivity index (χ1) is 9.92. The number of hydrogen-bond acceptors (Lipinski definition) is 3. The standard InChI is InChI=1S/C15H19BrN4O/c1-4-11-7-12(16)5-6-13(11)18-14(21)8-20-10(3)15(17)9(2)19-20/h5-7H,4,8,17H2,1-3H3,(H,18,21). The number of carbonyl (C=O) groups excluding carboxylic acids is 1. The molecule has 0 unspecified atom stereocenters. The van der Waals surface area contributed by atoms with Crippen LogP contribution in [0.5, 0.6) is 0 Å². The second-order valence-electron chi connectivity index (χ2n) is 4.95. The zero-order chi connectivity index (χ0) is 15.6. The Morgan fingerprint density at radius 1 is 1.43 bits per heavy atom. The van der Waals surface area contributed by atoms with Crippen molar-refractivity contribution in [1.82, 2.24) is 9.78 Å². The maximum absolute atomic E-state index is 12.2. The van der Waals surface area contributed by atoms with Crippen LogP contribution in [-0.4, -0.2) is 15.7 Å². The summed E-state index contributed by atoms with van der Waals surface area (Å²) in [4.78, 5) is 12.2. The molecule has 1 aromatic carbocycles. The quantitative estimate of drug-likeness (QED) is 0.889. The Morgan fingerprint density at radius 2 is 2.14 bits per heavy atom. The van der Waals surface area contributed by atoms with E-state index in [2.05, 4.69) is 33.3 Å². The van der Waals surface area contributed by atoms with Crippen LogP contribution in [0.1, 0.15) is 23.9 Å². The summed E-state index contributed by atoms with van der Waals surface area (Å²) >= 11 is 3.44. The Bertz CT molecular complexity index is 679. The number of carbonyl (C=O) groups is 1. The van der Waals surface area contributed by atoms with Crippen molar-refractivity contribution in [3.8, 4) is 0 Å². The minimum atomic E-state index is -0.113. The fourth-order valence-electron chi connectivity index (χ4n) is 2.17. The van der Waals surface area contributed by atoms with Gasteiger partial charge in [0.05, 0.1) is 17.1 Å². The second-order valence-corrected chi connectivity index (χ2v) is 5.86. The molecular formula is C15H19BrN4O. The highest BCUT2D eigenvalue weighted by Crippen LogP contribution is 2.22. The number of aryl methyl sites for hydroxylation is 2. The maximum atomic E-state index is 12.2. The molecule has 0 aliphatic heterocycles. The number of benzene rings is 1. The van der Waals surface area contributed by atoms with E-state index < -0.39 is 0 Å². The number of anilines is 2. The number of amides is 1. The van der Waals surface area contributed by atoms with Gasteiger partial charge in [-0.3, -0.25) is 9.48 Å². The number of rotatable bonds is 4. The highest BCUT2D eigenvalue weighted by Gasteiger charge is 2.12. The Hall–Kier alpha value is -1.82. The van der Waals surface area contributed by atoms with Gasteiger partial charge in [0.15, 0.2) is 0 Å². The van der Waals surface area contributed by atoms with Crippen LogP contribution in [0, 0.1) is 13.8 Å². The van der Waals surface area contributed by atoms with E-state index in [0.717, 1.165) is 33.5 Å². The lowest BCUT2D eigenvalue weighted by Gasteiger charge is -2.11. The van der Waals surface area contributed by atoms with Crippen LogP contribution >= 0.6 is 15.9 Å². The van der Waals surface area contributed by atoms with Gasteiger partial charge in [-0.1, -0.05) is 22.9 Å². The van der Waals surface area contributed by atoms with Gasteiger partial charge in [-0.05, 0) is 44.0 Å². The molecule has 6 heteroatoms. The third kappa shape index (κ3) is 3.44. The number of nitrogen functional groups attached to an aromatic ring is 1. The predicted octanol–water partition coefficient (Wildman–Crippen LogP) is 3.05. The average Bonchev–Trinajstić information content (AvgIpc) is 2.68. The van der Waals surface area contributed by atoms with Gasteiger partial charge < -0.3 is 11.1 Å². The number of aromatic nitrogens is 2. The van der Waals surface area contributed by atoms with Crippen molar-refractivity contribution in [2.75, 3.05) is 11.1 Å². The van der Waals surface area contributed by atoms with Crippen LogP contribution in [0.4, 0.5) is 11.4 Å². The molecule has 0 bridgehead atoms. The zero-order valence-corrected chi connectivity index (χ0v) is 14.0. The van der Waals surface area contributed by atoms with E-state index >= 15 is 0 Å². The first kappa shape index (κ1) is 15.6. The van der Waals surface area contributed by atoms with Crippen LogP contribution in [-0.2, 0) is 17.8 Å². The number of nitrogens with two attached hydrogens (primary N) is 1.